The summed E-state index contributed by atoms with van der Waals surface area (Å²) in [6, 6.07) is 15.1. The van der Waals surface area contributed by atoms with Crippen LogP contribution in [-0.4, -0.2) is 25.3 Å². The molecule has 1 amide bonds. The lowest BCUT2D eigenvalue weighted by atomic mass is 10.2. The van der Waals surface area contributed by atoms with E-state index in [1.54, 1.807) is 6.21 Å². The minimum Gasteiger partial charge on any atom is -0.494 e. The average molecular weight is 354 g/mol. The summed E-state index contributed by atoms with van der Waals surface area (Å²) in [6.07, 6.45) is 5.01. The highest BCUT2D eigenvalue weighted by Gasteiger charge is 2.01. The third-order valence-corrected chi connectivity index (χ3v) is 3.66. The third kappa shape index (κ3) is 7.38. The standard InChI is InChI=1S/C21H26N2O3/c1-3-4-5-13-25-19-11-9-18(10-12-19)15-22-23-21(24)16-26-20-8-6-7-17(2)14-20/h6-12,14-15H,3-5,13,16H2,1-2H3,(H,23,24)/b22-15-. The van der Waals surface area contributed by atoms with Crippen LogP contribution >= 0.6 is 0 Å². The molecule has 5 heteroatoms. The topological polar surface area (TPSA) is 59.9 Å². The summed E-state index contributed by atoms with van der Waals surface area (Å²) in [5, 5.41) is 3.94. The number of nitrogens with one attached hydrogen (secondary N) is 1. The zero-order valence-corrected chi connectivity index (χ0v) is 15.4. The zero-order valence-electron chi connectivity index (χ0n) is 15.4. The van der Waals surface area contributed by atoms with Crippen LogP contribution in [0.3, 0.4) is 0 Å². The lowest BCUT2D eigenvalue weighted by Crippen LogP contribution is -2.24. The Labute approximate surface area is 155 Å². The SMILES string of the molecule is CCCCCOc1ccc(/C=N\NC(=O)COc2cccc(C)c2)cc1. The molecule has 138 valence electrons. The van der Waals surface area contributed by atoms with Gasteiger partial charge in [0.25, 0.3) is 5.91 Å². The van der Waals surface area contributed by atoms with E-state index < -0.39 is 0 Å². The molecule has 0 heterocycles. The fourth-order valence-corrected chi connectivity index (χ4v) is 2.26. The molecule has 0 aliphatic carbocycles. The van der Waals surface area contributed by atoms with Gasteiger partial charge in [-0.15, -0.1) is 0 Å². The Kier molecular flexibility index (Phi) is 8.19. The summed E-state index contributed by atoms with van der Waals surface area (Å²) in [5.41, 5.74) is 4.42. The van der Waals surface area contributed by atoms with Gasteiger partial charge in [-0.3, -0.25) is 4.79 Å². The van der Waals surface area contributed by atoms with Gasteiger partial charge >= 0.3 is 0 Å². The Bertz CT molecular complexity index is 711. The molecular weight excluding hydrogens is 328 g/mol. The molecule has 5 nitrogen and oxygen atoms in total. The molecule has 0 aromatic heterocycles. The molecule has 0 bridgehead atoms. The van der Waals surface area contributed by atoms with E-state index in [1.807, 2.05) is 55.5 Å². The van der Waals surface area contributed by atoms with Gasteiger partial charge in [0.05, 0.1) is 12.8 Å². The van der Waals surface area contributed by atoms with Gasteiger partial charge in [0.15, 0.2) is 6.61 Å². The highest BCUT2D eigenvalue weighted by molar-refractivity contribution is 5.83. The van der Waals surface area contributed by atoms with Crippen LogP contribution in [0.15, 0.2) is 53.6 Å². The Balaban J connectivity index is 1.71. The van der Waals surface area contributed by atoms with E-state index in [4.69, 9.17) is 9.47 Å². The van der Waals surface area contributed by atoms with Gasteiger partial charge in [-0.05, 0) is 60.9 Å². The highest BCUT2D eigenvalue weighted by Crippen LogP contribution is 2.12. The number of hydrazone groups is 1. The molecule has 2 rings (SSSR count). The van der Waals surface area contributed by atoms with Crippen molar-refractivity contribution in [1.29, 1.82) is 0 Å². The van der Waals surface area contributed by atoms with Crippen LogP contribution < -0.4 is 14.9 Å². The number of rotatable bonds is 10. The van der Waals surface area contributed by atoms with Crippen LogP contribution in [0.1, 0.15) is 37.3 Å². The number of ether oxygens (including phenoxy) is 2. The van der Waals surface area contributed by atoms with Crippen molar-refractivity contribution in [3.8, 4) is 11.5 Å². The second-order valence-corrected chi connectivity index (χ2v) is 6.02. The van der Waals surface area contributed by atoms with E-state index in [-0.39, 0.29) is 12.5 Å². The van der Waals surface area contributed by atoms with Crippen molar-refractivity contribution in [3.05, 3.63) is 59.7 Å². The van der Waals surface area contributed by atoms with Crippen molar-refractivity contribution in [1.82, 2.24) is 5.43 Å². The smallest absolute Gasteiger partial charge is 0.277 e. The van der Waals surface area contributed by atoms with Crippen molar-refractivity contribution < 1.29 is 14.3 Å². The number of hydrogen-bond donors (Lipinski definition) is 1. The second-order valence-electron chi connectivity index (χ2n) is 6.02. The number of carbonyl (C=O) groups excluding carboxylic acids is 1. The fraction of sp³-hybridized carbons (Fsp3) is 0.333. The van der Waals surface area contributed by atoms with Gasteiger partial charge in [-0.25, -0.2) is 5.43 Å². The van der Waals surface area contributed by atoms with E-state index >= 15 is 0 Å². The summed E-state index contributed by atoms with van der Waals surface area (Å²) in [4.78, 5) is 11.7. The van der Waals surface area contributed by atoms with E-state index in [1.165, 1.54) is 12.8 Å². The highest BCUT2D eigenvalue weighted by atomic mass is 16.5. The van der Waals surface area contributed by atoms with Gasteiger partial charge in [0, 0.05) is 0 Å². The minimum atomic E-state index is -0.307. The molecule has 2 aromatic rings. The zero-order chi connectivity index (χ0) is 18.6. The molecule has 0 spiro atoms. The predicted molar refractivity (Wildman–Crippen MR) is 104 cm³/mol. The van der Waals surface area contributed by atoms with Crippen molar-refractivity contribution >= 4 is 12.1 Å². The number of nitrogens with zero attached hydrogens (tertiary/aromatic N) is 1. The van der Waals surface area contributed by atoms with Crippen LogP contribution in [-0.2, 0) is 4.79 Å². The summed E-state index contributed by atoms with van der Waals surface area (Å²) in [5.74, 6) is 1.20. The molecule has 0 aliphatic heterocycles. The maximum Gasteiger partial charge on any atom is 0.277 e. The molecule has 0 saturated carbocycles. The Morgan fingerprint density at radius 1 is 1.08 bits per heavy atom. The summed E-state index contributed by atoms with van der Waals surface area (Å²) < 4.78 is 11.1. The number of unbranched alkanes of at least 4 members (excludes halogenated alkanes) is 2. The monoisotopic (exact) mass is 354 g/mol. The normalized spacial score (nSPS) is 10.7. The molecule has 2 aromatic carbocycles. The Morgan fingerprint density at radius 3 is 2.62 bits per heavy atom. The first-order valence-corrected chi connectivity index (χ1v) is 8.91. The van der Waals surface area contributed by atoms with Crippen LogP contribution in [0, 0.1) is 6.92 Å². The Hall–Kier alpha value is -2.82. The Morgan fingerprint density at radius 2 is 1.88 bits per heavy atom. The average Bonchev–Trinajstić information content (AvgIpc) is 2.65. The minimum absolute atomic E-state index is 0.0780. The molecule has 0 radical (unpaired) electrons. The maximum atomic E-state index is 11.7. The number of carbonyl (C=O) groups is 1. The molecule has 1 N–H and O–H groups in total. The van der Waals surface area contributed by atoms with Crippen molar-refractivity contribution in [3.63, 3.8) is 0 Å². The number of hydrogen-bond acceptors (Lipinski definition) is 4. The summed E-state index contributed by atoms with van der Waals surface area (Å²) >= 11 is 0. The van der Waals surface area contributed by atoms with E-state index in [2.05, 4.69) is 17.5 Å². The lowest BCUT2D eigenvalue weighted by Gasteiger charge is -2.06. The van der Waals surface area contributed by atoms with Gasteiger partial charge in [-0.1, -0.05) is 31.9 Å². The summed E-state index contributed by atoms with van der Waals surface area (Å²) in [6.45, 7) is 4.80. The molecular formula is C21H26N2O3. The number of amides is 1. The van der Waals surface area contributed by atoms with E-state index in [0.29, 0.717) is 5.75 Å². The van der Waals surface area contributed by atoms with Gasteiger partial charge < -0.3 is 9.47 Å². The number of aryl methyl sites for hydroxylation is 1. The predicted octanol–water partition coefficient (Wildman–Crippen LogP) is 4.09. The first-order valence-electron chi connectivity index (χ1n) is 8.91. The van der Waals surface area contributed by atoms with Crippen molar-refractivity contribution in [2.24, 2.45) is 5.10 Å². The van der Waals surface area contributed by atoms with Crippen molar-refractivity contribution in [2.45, 2.75) is 33.1 Å². The first kappa shape index (κ1) is 19.5. The van der Waals surface area contributed by atoms with E-state index in [9.17, 15) is 4.79 Å². The third-order valence-electron chi connectivity index (χ3n) is 3.66. The van der Waals surface area contributed by atoms with Crippen molar-refractivity contribution in [2.75, 3.05) is 13.2 Å². The molecule has 0 unspecified atom stereocenters. The summed E-state index contributed by atoms with van der Waals surface area (Å²) in [7, 11) is 0. The molecule has 0 fully saturated rings. The van der Waals surface area contributed by atoms with Crippen LogP contribution in [0.4, 0.5) is 0 Å². The van der Waals surface area contributed by atoms with Gasteiger partial charge in [0.1, 0.15) is 11.5 Å². The maximum absolute atomic E-state index is 11.7. The van der Waals surface area contributed by atoms with E-state index in [0.717, 1.165) is 29.9 Å². The van der Waals surface area contributed by atoms with Gasteiger partial charge in [-0.2, -0.15) is 5.10 Å². The lowest BCUT2D eigenvalue weighted by molar-refractivity contribution is -0.123. The number of benzene rings is 2. The van der Waals surface area contributed by atoms with Crippen LogP contribution in [0.2, 0.25) is 0 Å². The molecule has 0 saturated heterocycles. The fourth-order valence-electron chi connectivity index (χ4n) is 2.26. The largest absolute Gasteiger partial charge is 0.494 e. The first-order chi connectivity index (χ1) is 12.7. The molecule has 0 atom stereocenters. The molecule has 0 aliphatic rings. The molecule has 26 heavy (non-hydrogen) atoms. The second kappa shape index (κ2) is 10.9. The van der Waals surface area contributed by atoms with Crippen LogP contribution in [0.5, 0.6) is 11.5 Å². The quantitative estimate of drug-likeness (QED) is 0.397. The van der Waals surface area contributed by atoms with Gasteiger partial charge in [0.2, 0.25) is 0 Å². The van der Waals surface area contributed by atoms with Crippen LogP contribution in [0.25, 0.3) is 0 Å².